The second-order valence-electron chi connectivity index (χ2n) is 8.38. The highest BCUT2D eigenvalue weighted by atomic mass is 16.3. The van der Waals surface area contributed by atoms with Gasteiger partial charge in [-0.1, -0.05) is 69.2 Å². The van der Waals surface area contributed by atoms with Crippen LogP contribution in [-0.2, 0) is 16.0 Å². The zero-order valence-corrected chi connectivity index (χ0v) is 18.8. The molecule has 0 radical (unpaired) electrons. The van der Waals surface area contributed by atoms with Gasteiger partial charge >= 0.3 is 0 Å². The van der Waals surface area contributed by atoms with E-state index in [-0.39, 0.29) is 17.1 Å². The van der Waals surface area contributed by atoms with E-state index >= 15 is 0 Å². The Kier molecular flexibility index (Phi) is 8.86. The predicted octanol–water partition coefficient (Wildman–Crippen LogP) is 4.95. The van der Waals surface area contributed by atoms with Gasteiger partial charge in [-0.3, -0.25) is 9.59 Å². The van der Waals surface area contributed by atoms with Crippen molar-refractivity contribution in [2.75, 3.05) is 0 Å². The summed E-state index contributed by atoms with van der Waals surface area (Å²) in [5.74, 6) is -0.0259. The number of hydrogen-bond donors (Lipinski definition) is 3. The molecule has 0 aliphatic carbocycles. The maximum absolute atomic E-state index is 12.6. The van der Waals surface area contributed by atoms with Crippen molar-refractivity contribution >= 4 is 11.7 Å². The number of aliphatic hydroxyl groups excluding tert-OH is 1. The van der Waals surface area contributed by atoms with Crippen molar-refractivity contribution in [3.05, 3.63) is 77.1 Å². The number of nitrogens with one attached hydrogen (secondary N) is 1. The molecule has 1 aliphatic rings. The molecular weight excluding hydrogens is 390 g/mol. The summed E-state index contributed by atoms with van der Waals surface area (Å²) in [4.78, 5) is 24.8. The number of Topliss-reactive ketones (excluding diaryl/α,β-unsaturated/α-hetero) is 1. The number of aromatic hydroxyl groups is 1. The molecule has 5 heteroatoms. The van der Waals surface area contributed by atoms with E-state index in [0.29, 0.717) is 18.3 Å². The molecule has 1 aliphatic heterocycles. The van der Waals surface area contributed by atoms with Crippen LogP contribution in [-0.4, -0.2) is 27.9 Å². The monoisotopic (exact) mass is 423 g/mol. The van der Waals surface area contributed by atoms with Crippen LogP contribution >= 0.6 is 0 Å². The number of benzene rings is 1. The summed E-state index contributed by atoms with van der Waals surface area (Å²) in [6.45, 7) is 8.68. The number of rotatable bonds is 9. The summed E-state index contributed by atoms with van der Waals surface area (Å²) in [7, 11) is 0. The third-order valence-corrected chi connectivity index (χ3v) is 5.47. The van der Waals surface area contributed by atoms with Gasteiger partial charge in [0.05, 0.1) is 6.04 Å². The van der Waals surface area contributed by atoms with Gasteiger partial charge in [0, 0.05) is 6.42 Å². The lowest BCUT2D eigenvalue weighted by molar-refractivity contribution is -0.117. The Morgan fingerprint density at radius 3 is 2.42 bits per heavy atom. The number of aliphatic hydroxyl groups is 1. The molecule has 1 heterocycles. The van der Waals surface area contributed by atoms with Crippen molar-refractivity contribution in [2.24, 2.45) is 11.8 Å². The molecule has 1 aromatic rings. The number of ketones is 1. The molecule has 0 spiro atoms. The lowest BCUT2D eigenvalue weighted by Gasteiger charge is -2.12. The van der Waals surface area contributed by atoms with Gasteiger partial charge in [0.25, 0.3) is 5.91 Å². The van der Waals surface area contributed by atoms with Crippen molar-refractivity contribution in [3.8, 4) is 5.75 Å². The van der Waals surface area contributed by atoms with Crippen LogP contribution < -0.4 is 5.32 Å². The SMILES string of the molecule is CC[C@@H](C)C[C@@H](C)/C=C(C)/C=C/C=C/C(O)=C1\C(=O)NC(Cc2ccc(O)cc2)C1=O. The molecule has 5 nitrogen and oxygen atoms in total. The lowest BCUT2D eigenvalue weighted by atomic mass is 9.94. The summed E-state index contributed by atoms with van der Waals surface area (Å²) < 4.78 is 0. The molecule has 3 atom stereocenters. The molecule has 0 bridgehead atoms. The minimum absolute atomic E-state index is 0.136. The molecule has 166 valence electrons. The van der Waals surface area contributed by atoms with Crippen molar-refractivity contribution in [1.29, 1.82) is 0 Å². The molecule has 0 saturated carbocycles. The maximum Gasteiger partial charge on any atom is 0.259 e. The van der Waals surface area contributed by atoms with Crippen LogP contribution in [0.4, 0.5) is 0 Å². The maximum atomic E-state index is 12.6. The molecule has 1 unspecified atom stereocenters. The van der Waals surface area contributed by atoms with Crippen LogP contribution in [0.15, 0.2) is 71.6 Å². The first-order valence-corrected chi connectivity index (χ1v) is 10.8. The highest BCUT2D eigenvalue weighted by Crippen LogP contribution is 2.20. The lowest BCUT2D eigenvalue weighted by Crippen LogP contribution is -2.31. The number of carbonyl (C=O) groups excluding carboxylic acids is 2. The summed E-state index contributed by atoms with van der Waals surface area (Å²) in [5.41, 5.74) is 1.71. The van der Waals surface area contributed by atoms with Crippen molar-refractivity contribution < 1.29 is 19.8 Å². The van der Waals surface area contributed by atoms with Crippen LogP contribution in [0.2, 0.25) is 0 Å². The summed E-state index contributed by atoms with van der Waals surface area (Å²) >= 11 is 0. The molecule has 1 fully saturated rings. The van der Waals surface area contributed by atoms with Crippen molar-refractivity contribution in [1.82, 2.24) is 5.32 Å². The number of amides is 1. The largest absolute Gasteiger partial charge is 0.508 e. The van der Waals surface area contributed by atoms with E-state index < -0.39 is 17.7 Å². The second-order valence-corrected chi connectivity index (χ2v) is 8.38. The highest BCUT2D eigenvalue weighted by molar-refractivity contribution is 6.27. The Morgan fingerprint density at radius 2 is 1.77 bits per heavy atom. The Morgan fingerprint density at radius 1 is 1.13 bits per heavy atom. The molecule has 1 amide bonds. The fourth-order valence-electron chi connectivity index (χ4n) is 3.65. The third kappa shape index (κ3) is 7.28. The molecule has 1 aromatic carbocycles. The quantitative estimate of drug-likeness (QED) is 0.227. The van der Waals surface area contributed by atoms with Gasteiger partial charge in [-0.05, 0) is 49.0 Å². The van der Waals surface area contributed by atoms with E-state index in [2.05, 4.69) is 32.2 Å². The van der Waals surface area contributed by atoms with Gasteiger partial charge in [-0.2, -0.15) is 0 Å². The Hall–Kier alpha value is -3.08. The molecule has 2 rings (SSSR count). The fourth-order valence-corrected chi connectivity index (χ4v) is 3.65. The normalized spacial score (nSPS) is 21.0. The number of allylic oxidation sites excluding steroid dienone is 6. The minimum atomic E-state index is -0.727. The first kappa shape index (κ1) is 24.2. The van der Waals surface area contributed by atoms with Gasteiger partial charge in [0.1, 0.15) is 17.1 Å². The molecule has 31 heavy (non-hydrogen) atoms. The number of phenols is 1. The van der Waals surface area contributed by atoms with E-state index in [1.54, 1.807) is 24.3 Å². The molecular formula is C26H33NO4. The molecule has 3 N–H and O–H groups in total. The fraction of sp³-hybridized carbons (Fsp3) is 0.385. The summed E-state index contributed by atoms with van der Waals surface area (Å²) in [6, 6.07) is 5.72. The zero-order valence-electron chi connectivity index (χ0n) is 18.8. The van der Waals surface area contributed by atoms with E-state index in [0.717, 1.165) is 17.6 Å². The Balaban J connectivity index is 2.00. The van der Waals surface area contributed by atoms with E-state index in [1.165, 1.54) is 24.6 Å². The average molecular weight is 424 g/mol. The van der Waals surface area contributed by atoms with Crippen LogP contribution in [0.1, 0.15) is 46.1 Å². The standard InChI is InChI=1S/C26H33NO4/c1-5-17(2)14-19(4)15-18(3)8-6-7-9-23(29)24-25(30)22(27-26(24)31)16-20-10-12-21(28)13-11-20/h6-13,15,17,19,22,28-29H,5,14,16H2,1-4H3,(H,27,31)/b8-6+,9-7+,18-15+,24-23+/t17-,19-,22?/m1/s1. The topological polar surface area (TPSA) is 86.6 Å². The Labute approximate surface area is 184 Å². The van der Waals surface area contributed by atoms with Crippen molar-refractivity contribution in [2.45, 2.75) is 53.0 Å². The van der Waals surface area contributed by atoms with Crippen LogP contribution in [0.5, 0.6) is 5.75 Å². The second kappa shape index (κ2) is 11.3. The van der Waals surface area contributed by atoms with Crippen molar-refractivity contribution in [3.63, 3.8) is 0 Å². The number of phenolic OH excluding ortho intramolecular Hbond substituents is 1. The molecule has 0 aromatic heterocycles. The van der Waals surface area contributed by atoms with Gasteiger partial charge in [0.15, 0.2) is 5.78 Å². The highest BCUT2D eigenvalue weighted by Gasteiger charge is 2.37. The summed E-state index contributed by atoms with van der Waals surface area (Å²) in [5, 5.41) is 22.3. The van der Waals surface area contributed by atoms with Crippen LogP contribution in [0, 0.1) is 11.8 Å². The first-order valence-electron chi connectivity index (χ1n) is 10.8. The zero-order chi connectivity index (χ0) is 23.0. The van der Waals surface area contributed by atoms with Crippen LogP contribution in [0.3, 0.4) is 0 Å². The first-order chi connectivity index (χ1) is 14.7. The van der Waals surface area contributed by atoms with E-state index in [9.17, 15) is 19.8 Å². The van der Waals surface area contributed by atoms with Gasteiger partial charge in [0.2, 0.25) is 0 Å². The minimum Gasteiger partial charge on any atom is -0.508 e. The van der Waals surface area contributed by atoms with Gasteiger partial charge < -0.3 is 15.5 Å². The molecule has 1 saturated heterocycles. The van der Waals surface area contributed by atoms with E-state index in [1.807, 2.05) is 13.0 Å². The predicted molar refractivity (Wildman–Crippen MR) is 124 cm³/mol. The number of hydrogen-bond acceptors (Lipinski definition) is 4. The Bertz CT molecular complexity index is 906. The van der Waals surface area contributed by atoms with Crippen LogP contribution in [0.25, 0.3) is 0 Å². The average Bonchev–Trinajstić information content (AvgIpc) is 2.99. The number of carbonyl (C=O) groups is 2. The van der Waals surface area contributed by atoms with Gasteiger partial charge in [-0.25, -0.2) is 0 Å². The van der Waals surface area contributed by atoms with Gasteiger partial charge in [-0.15, -0.1) is 0 Å². The van der Waals surface area contributed by atoms with E-state index in [4.69, 9.17) is 0 Å². The summed E-state index contributed by atoms with van der Waals surface area (Å²) in [6.07, 6.45) is 11.5. The third-order valence-electron chi connectivity index (χ3n) is 5.47. The smallest absolute Gasteiger partial charge is 0.259 e.